The lowest BCUT2D eigenvalue weighted by molar-refractivity contribution is -0.142. The highest BCUT2D eigenvalue weighted by Gasteiger charge is 2.39. The second-order valence-corrected chi connectivity index (χ2v) is 6.08. The number of furan rings is 1. The molecule has 0 radical (unpaired) electrons. The van der Waals surface area contributed by atoms with Gasteiger partial charge in [0.1, 0.15) is 11.8 Å². The Hall–Kier alpha value is -2.67. The molecule has 26 heavy (non-hydrogen) atoms. The van der Waals surface area contributed by atoms with Crippen molar-refractivity contribution in [1.29, 1.82) is 0 Å². The molecule has 2 heterocycles. The summed E-state index contributed by atoms with van der Waals surface area (Å²) in [6.45, 7) is 0.653. The smallest absolute Gasteiger partial charge is 0.320 e. The number of carboxylic acid groups (broad SMARTS) is 1. The van der Waals surface area contributed by atoms with Gasteiger partial charge in [-0.05, 0) is 37.1 Å². The first kappa shape index (κ1) is 18.1. The summed E-state index contributed by atoms with van der Waals surface area (Å²) in [6.07, 6.45) is 2.99. The summed E-state index contributed by atoms with van der Waals surface area (Å²) in [4.78, 5) is 13.7. The van der Waals surface area contributed by atoms with Gasteiger partial charge in [-0.2, -0.15) is 0 Å². The molecule has 0 spiro atoms. The van der Waals surface area contributed by atoms with Crippen LogP contribution in [0, 0.1) is 0 Å². The van der Waals surface area contributed by atoms with Gasteiger partial charge in [0.25, 0.3) is 0 Å². The molecule has 1 aliphatic rings. The van der Waals surface area contributed by atoms with Crippen molar-refractivity contribution in [3.05, 3.63) is 41.9 Å². The van der Waals surface area contributed by atoms with Gasteiger partial charge in [-0.15, -0.1) is 0 Å². The van der Waals surface area contributed by atoms with Gasteiger partial charge in [-0.3, -0.25) is 9.69 Å². The molecule has 1 aliphatic heterocycles. The van der Waals surface area contributed by atoms with Crippen LogP contribution in [-0.4, -0.2) is 49.9 Å². The molecule has 1 fully saturated rings. The standard InChI is InChI=1S/C19H23NO6/c1-23-15-9-8-12(17(24-2)18(15)25-3)16(14-7-5-11-26-14)20-10-4-6-13(20)19(21)22/h5,7-9,11,13,16H,4,6,10H2,1-3H3,(H,21,22). The Morgan fingerprint density at radius 3 is 2.54 bits per heavy atom. The van der Waals surface area contributed by atoms with E-state index >= 15 is 0 Å². The van der Waals surface area contributed by atoms with Crippen LogP contribution in [0.25, 0.3) is 0 Å². The summed E-state index contributed by atoms with van der Waals surface area (Å²) in [5, 5.41) is 9.64. The van der Waals surface area contributed by atoms with Crippen molar-refractivity contribution in [1.82, 2.24) is 4.90 Å². The summed E-state index contributed by atoms with van der Waals surface area (Å²) in [5.41, 5.74) is 0.772. The number of carboxylic acids is 1. The first-order valence-corrected chi connectivity index (χ1v) is 8.43. The average molecular weight is 361 g/mol. The van der Waals surface area contributed by atoms with E-state index in [1.54, 1.807) is 39.7 Å². The van der Waals surface area contributed by atoms with Crippen LogP contribution in [0.5, 0.6) is 17.2 Å². The largest absolute Gasteiger partial charge is 0.493 e. The Balaban J connectivity index is 2.16. The van der Waals surface area contributed by atoms with Gasteiger partial charge in [0.15, 0.2) is 11.5 Å². The zero-order valence-electron chi connectivity index (χ0n) is 15.1. The molecule has 1 aromatic heterocycles. The van der Waals surface area contributed by atoms with E-state index in [9.17, 15) is 9.90 Å². The number of rotatable bonds is 7. The van der Waals surface area contributed by atoms with Crippen LogP contribution in [0.2, 0.25) is 0 Å². The summed E-state index contributed by atoms with van der Waals surface area (Å²) >= 11 is 0. The highest BCUT2D eigenvalue weighted by Crippen LogP contribution is 2.46. The van der Waals surface area contributed by atoms with Crippen molar-refractivity contribution in [3.8, 4) is 17.2 Å². The Kier molecular flexibility index (Phi) is 5.37. The number of nitrogens with zero attached hydrogens (tertiary/aromatic N) is 1. The van der Waals surface area contributed by atoms with Crippen molar-refractivity contribution in [3.63, 3.8) is 0 Å². The lowest BCUT2D eigenvalue weighted by atomic mass is 9.99. The maximum absolute atomic E-state index is 11.7. The lowest BCUT2D eigenvalue weighted by Gasteiger charge is -2.31. The van der Waals surface area contributed by atoms with E-state index in [2.05, 4.69) is 0 Å². The summed E-state index contributed by atoms with van der Waals surface area (Å²) in [6, 6.07) is 6.31. The fourth-order valence-corrected chi connectivity index (χ4v) is 3.65. The summed E-state index contributed by atoms with van der Waals surface area (Å²) in [7, 11) is 4.66. The molecule has 0 bridgehead atoms. The minimum Gasteiger partial charge on any atom is -0.493 e. The van der Waals surface area contributed by atoms with Crippen LogP contribution in [0.4, 0.5) is 0 Å². The van der Waals surface area contributed by atoms with Crippen LogP contribution in [-0.2, 0) is 4.79 Å². The zero-order valence-corrected chi connectivity index (χ0v) is 15.1. The van der Waals surface area contributed by atoms with Crippen molar-refractivity contribution >= 4 is 5.97 Å². The molecule has 7 nitrogen and oxygen atoms in total. The fourth-order valence-electron chi connectivity index (χ4n) is 3.65. The zero-order chi connectivity index (χ0) is 18.7. The summed E-state index contributed by atoms with van der Waals surface area (Å²) < 4.78 is 22.1. The Morgan fingerprint density at radius 2 is 1.96 bits per heavy atom. The average Bonchev–Trinajstić information content (AvgIpc) is 3.33. The number of carbonyl (C=O) groups is 1. The number of hydrogen-bond acceptors (Lipinski definition) is 6. The molecule has 3 rings (SSSR count). The third-order valence-electron chi connectivity index (χ3n) is 4.75. The van der Waals surface area contributed by atoms with E-state index in [0.29, 0.717) is 36.0 Å². The molecule has 1 saturated heterocycles. The van der Waals surface area contributed by atoms with E-state index in [0.717, 1.165) is 12.0 Å². The third kappa shape index (κ3) is 3.10. The molecule has 0 amide bonds. The number of methoxy groups -OCH3 is 3. The first-order chi connectivity index (χ1) is 12.6. The molecule has 2 aromatic rings. The Bertz CT molecular complexity index is 758. The summed E-state index contributed by atoms with van der Waals surface area (Å²) in [5.74, 6) is 1.34. The molecular formula is C19H23NO6. The predicted octanol–water partition coefficient (Wildman–Crippen LogP) is 2.94. The van der Waals surface area contributed by atoms with Gasteiger partial charge in [0.05, 0.1) is 33.6 Å². The molecule has 0 aliphatic carbocycles. The van der Waals surface area contributed by atoms with E-state index in [1.807, 2.05) is 17.0 Å². The monoisotopic (exact) mass is 361 g/mol. The molecule has 1 N–H and O–H groups in total. The van der Waals surface area contributed by atoms with Gasteiger partial charge in [0, 0.05) is 12.1 Å². The van der Waals surface area contributed by atoms with E-state index in [4.69, 9.17) is 18.6 Å². The Labute approximate surface area is 152 Å². The molecular weight excluding hydrogens is 338 g/mol. The van der Waals surface area contributed by atoms with Gasteiger partial charge in [0.2, 0.25) is 5.75 Å². The number of aliphatic carboxylic acids is 1. The van der Waals surface area contributed by atoms with Crippen LogP contribution < -0.4 is 14.2 Å². The maximum Gasteiger partial charge on any atom is 0.320 e. The van der Waals surface area contributed by atoms with Crippen molar-refractivity contribution < 1.29 is 28.5 Å². The quantitative estimate of drug-likeness (QED) is 0.812. The van der Waals surface area contributed by atoms with Gasteiger partial charge in [-0.25, -0.2) is 0 Å². The van der Waals surface area contributed by atoms with E-state index in [-0.39, 0.29) is 0 Å². The van der Waals surface area contributed by atoms with Crippen LogP contribution in [0.3, 0.4) is 0 Å². The predicted molar refractivity (Wildman–Crippen MR) is 94.0 cm³/mol. The van der Waals surface area contributed by atoms with Crippen LogP contribution in [0.15, 0.2) is 34.9 Å². The fraction of sp³-hybridized carbons (Fsp3) is 0.421. The highest BCUT2D eigenvalue weighted by molar-refractivity contribution is 5.74. The van der Waals surface area contributed by atoms with Crippen molar-refractivity contribution in [2.75, 3.05) is 27.9 Å². The second-order valence-electron chi connectivity index (χ2n) is 6.08. The van der Waals surface area contributed by atoms with Crippen molar-refractivity contribution in [2.24, 2.45) is 0 Å². The maximum atomic E-state index is 11.7. The molecule has 2 unspecified atom stereocenters. The lowest BCUT2D eigenvalue weighted by Crippen LogP contribution is -2.39. The number of benzene rings is 1. The highest BCUT2D eigenvalue weighted by atomic mass is 16.5. The minimum atomic E-state index is -0.835. The molecule has 140 valence electrons. The van der Waals surface area contributed by atoms with Crippen molar-refractivity contribution in [2.45, 2.75) is 24.9 Å². The Morgan fingerprint density at radius 1 is 1.19 bits per heavy atom. The van der Waals surface area contributed by atoms with E-state index in [1.165, 1.54) is 0 Å². The van der Waals surface area contributed by atoms with Crippen LogP contribution >= 0.6 is 0 Å². The van der Waals surface area contributed by atoms with Gasteiger partial charge in [-0.1, -0.05) is 0 Å². The van der Waals surface area contributed by atoms with Crippen LogP contribution in [0.1, 0.15) is 30.2 Å². The molecule has 1 aromatic carbocycles. The molecule has 0 saturated carbocycles. The van der Waals surface area contributed by atoms with E-state index < -0.39 is 18.1 Å². The number of likely N-dealkylation sites (tertiary alicyclic amines) is 1. The third-order valence-corrected chi connectivity index (χ3v) is 4.75. The second kappa shape index (κ2) is 7.70. The van der Waals surface area contributed by atoms with Gasteiger partial charge < -0.3 is 23.7 Å². The first-order valence-electron chi connectivity index (χ1n) is 8.43. The normalized spacial score (nSPS) is 18.5. The minimum absolute atomic E-state index is 0.400. The molecule has 7 heteroatoms. The topological polar surface area (TPSA) is 81.4 Å². The SMILES string of the molecule is COc1ccc(C(c2ccco2)N2CCCC2C(=O)O)c(OC)c1OC. The number of ether oxygens (including phenoxy) is 3. The number of hydrogen-bond donors (Lipinski definition) is 1. The van der Waals surface area contributed by atoms with Gasteiger partial charge >= 0.3 is 5.97 Å². The molecule has 2 atom stereocenters.